The molecule has 0 amide bonds. The highest BCUT2D eigenvalue weighted by Gasteiger charge is 2.21. The van der Waals surface area contributed by atoms with Gasteiger partial charge in [-0.25, -0.2) is 15.0 Å². The summed E-state index contributed by atoms with van der Waals surface area (Å²) in [6, 6.07) is 7.07. The summed E-state index contributed by atoms with van der Waals surface area (Å²) in [4.78, 5) is 19.4. The van der Waals surface area contributed by atoms with Gasteiger partial charge in [-0.3, -0.25) is 0 Å². The van der Waals surface area contributed by atoms with E-state index in [0.29, 0.717) is 5.82 Å². The van der Waals surface area contributed by atoms with Gasteiger partial charge in [-0.15, -0.1) is 11.3 Å². The predicted molar refractivity (Wildman–Crippen MR) is 90.8 cm³/mol. The summed E-state index contributed by atoms with van der Waals surface area (Å²) in [5.74, 6) is 1.26. The standard InChI is InChI=1S/C16H16FN5S/c1-11-9-12-15(18-10-19-16(12)23-11)22-7-5-21(6-8-22)14-4-2-3-13(17)20-14/h2-4,9-10H,5-8H2,1H3. The Kier molecular flexibility index (Phi) is 3.57. The highest BCUT2D eigenvalue weighted by Crippen LogP contribution is 2.30. The van der Waals surface area contributed by atoms with E-state index in [0.717, 1.165) is 42.2 Å². The van der Waals surface area contributed by atoms with Crippen molar-refractivity contribution in [2.24, 2.45) is 0 Å². The molecule has 1 aliphatic rings. The molecule has 0 radical (unpaired) electrons. The van der Waals surface area contributed by atoms with Crippen molar-refractivity contribution in [3.8, 4) is 0 Å². The number of aromatic nitrogens is 3. The Morgan fingerprint density at radius 3 is 2.65 bits per heavy atom. The van der Waals surface area contributed by atoms with Gasteiger partial charge in [0.15, 0.2) is 0 Å². The van der Waals surface area contributed by atoms with E-state index in [-0.39, 0.29) is 0 Å². The SMILES string of the molecule is Cc1cc2c(N3CCN(c4cccc(F)n4)CC3)ncnc2s1. The fourth-order valence-electron chi connectivity index (χ4n) is 2.94. The van der Waals surface area contributed by atoms with Gasteiger partial charge in [-0.05, 0) is 25.1 Å². The normalized spacial score (nSPS) is 15.4. The lowest BCUT2D eigenvalue weighted by molar-refractivity contribution is 0.574. The summed E-state index contributed by atoms with van der Waals surface area (Å²) in [5.41, 5.74) is 0. The van der Waals surface area contributed by atoms with Crippen LogP contribution in [-0.4, -0.2) is 41.1 Å². The smallest absolute Gasteiger partial charge is 0.214 e. The van der Waals surface area contributed by atoms with E-state index >= 15 is 0 Å². The molecular weight excluding hydrogens is 313 g/mol. The summed E-state index contributed by atoms with van der Waals surface area (Å²) in [6.45, 7) is 5.35. The average molecular weight is 329 g/mol. The first-order chi connectivity index (χ1) is 11.2. The largest absolute Gasteiger partial charge is 0.353 e. The highest BCUT2D eigenvalue weighted by molar-refractivity contribution is 7.18. The van der Waals surface area contributed by atoms with E-state index in [1.54, 1.807) is 23.7 Å². The second-order valence-electron chi connectivity index (χ2n) is 5.57. The number of pyridine rings is 1. The molecule has 0 aliphatic carbocycles. The molecule has 5 nitrogen and oxygen atoms in total. The fraction of sp³-hybridized carbons (Fsp3) is 0.312. The van der Waals surface area contributed by atoms with E-state index in [1.165, 1.54) is 10.9 Å². The van der Waals surface area contributed by atoms with Crippen LogP contribution in [0.3, 0.4) is 0 Å². The molecule has 1 saturated heterocycles. The molecule has 4 heterocycles. The summed E-state index contributed by atoms with van der Waals surface area (Å²) in [6.07, 6.45) is 1.63. The molecule has 23 heavy (non-hydrogen) atoms. The Bertz CT molecular complexity index is 841. The molecule has 0 saturated carbocycles. The molecule has 7 heteroatoms. The quantitative estimate of drug-likeness (QED) is 0.677. The zero-order valence-electron chi connectivity index (χ0n) is 12.7. The molecule has 0 unspecified atom stereocenters. The predicted octanol–water partition coefficient (Wildman–Crippen LogP) is 2.86. The third-order valence-corrected chi connectivity index (χ3v) is 4.99. The maximum Gasteiger partial charge on any atom is 0.214 e. The lowest BCUT2D eigenvalue weighted by Gasteiger charge is -2.36. The van der Waals surface area contributed by atoms with Crippen LogP contribution < -0.4 is 9.80 Å². The molecule has 0 spiro atoms. The van der Waals surface area contributed by atoms with Gasteiger partial charge in [-0.2, -0.15) is 4.39 Å². The van der Waals surface area contributed by atoms with Gasteiger partial charge in [-0.1, -0.05) is 6.07 Å². The average Bonchev–Trinajstić information content (AvgIpc) is 2.95. The second kappa shape index (κ2) is 5.73. The number of aryl methyl sites for hydroxylation is 1. The van der Waals surface area contributed by atoms with Crippen LogP contribution in [0.5, 0.6) is 0 Å². The van der Waals surface area contributed by atoms with Crippen LogP contribution in [0.25, 0.3) is 10.2 Å². The van der Waals surface area contributed by atoms with E-state index in [4.69, 9.17) is 0 Å². The van der Waals surface area contributed by atoms with E-state index < -0.39 is 5.95 Å². The second-order valence-corrected chi connectivity index (χ2v) is 6.80. The van der Waals surface area contributed by atoms with Crippen molar-refractivity contribution in [1.82, 2.24) is 15.0 Å². The molecule has 3 aromatic heterocycles. The minimum atomic E-state index is -0.434. The van der Waals surface area contributed by atoms with Crippen LogP contribution in [0.15, 0.2) is 30.6 Å². The minimum absolute atomic E-state index is 0.434. The first-order valence-corrected chi connectivity index (χ1v) is 8.36. The van der Waals surface area contributed by atoms with Crippen LogP contribution in [0.2, 0.25) is 0 Å². The number of hydrogen-bond donors (Lipinski definition) is 0. The maximum atomic E-state index is 13.3. The van der Waals surface area contributed by atoms with Gasteiger partial charge < -0.3 is 9.80 Å². The van der Waals surface area contributed by atoms with Crippen LogP contribution >= 0.6 is 11.3 Å². The van der Waals surface area contributed by atoms with Crippen molar-refractivity contribution in [3.63, 3.8) is 0 Å². The van der Waals surface area contributed by atoms with Crippen LogP contribution in [0.1, 0.15) is 4.88 Å². The summed E-state index contributed by atoms with van der Waals surface area (Å²) in [7, 11) is 0. The zero-order valence-corrected chi connectivity index (χ0v) is 13.6. The van der Waals surface area contributed by atoms with Crippen LogP contribution in [-0.2, 0) is 0 Å². The third-order valence-electron chi connectivity index (χ3n) is 4.04. The van der Waals surface area contributed by atoms with Gasteiger partial charge in [0.05, 0.1) is 5.39 Å². The van der Waals surface area contributed by atoms with Gasteiger partial charge in [0.2, 0.25) is 5.95 Å². The van der Waals surface area contributed by atoms with Gasteiger partial charge in [0.1, 0.15) is 22.8 Å². The number of halogens is 1. The van der Waals surface area contributed by atoms with Gasteiger partial charge in [0.25, 0.3) is 0 Å². The number of anilines is 2. The van der Waals surface area contributed by atoms with Crippen molar-refractivity contribution in [3.05, 3.63) is 41.4 Å². The molecular formula is C16H16FN5S. The number of fused-ring (bicyclic) bond motifs is 1. The first-order valence-electron chi connectivity index (χ1n) is 7.54. The number of thiophene rings is 1. The third kappa shape index (κ3) is 2.72. The molecule has 4 rings (SSSR count). The van der Waals surface area contributed by atoms with Gasteiger partial charge >= 0.3 is 0 Å². The number of hydrogen-bond acceptors (Lipinski definition) is 6. The fourth-order valence-corrected chi connectivity index (χ4v) is 3.78. The number of piperazine rings is 1. The number of rotatable bonds is 2. The van der Waals surface area contributed by atoms with Crippen molar-refractivity contribution in [1.29, 1.82) is 0 Å². The van der Waals surface area contributed by atoms with E-state index in [2.05, 4.69) is 37.7 Å². The van der Waals surface area contributed by atoms with Crippen molar-refractivity contribution in [2.75, 3.05) is 36.0 Å². The van der Waals surface area contributed by atoms with Crippen molar-refractivity contribution >= 4 is 33.2 Å². The molecule has 0 bridgehead atoms. The number of nitrogens with zero attached hydrogens (tertiary/aromatic N) is 5. The molecule has 0 N–H and O–H groups in total. The Balaban J connectivity index is 1.55. The topological polar surface area (TPSA) is 45.2 Å². The Labute approximate surface area is 137 Å². The Morgan fingerprint density at radius 1 is 1.09 bits per heavy atom. The molecule has 3 aromatic rings. The summed E-state index contributed by atoms with van der Waals surface area (Å²) < 4.78 is 13.3. The minimum Gasteiger partial charge on any atom is -0.353 e. The Morgan fingerprint density at radius 2 is 1.87 bits per heavy atom. The molecule has 0 atom stereocenters. The molecule has 1 fully saturated rings. The van der Waals surface area contributed by atoms with Crippen LogP contribution in [0, 0.1) is 12.9 Å². The van der Waals surface area contributed by atoms with Crippen LogP contribution in [0.4, 0.5) is 16.0 Å². The summed E-state index contributed by atoms with van der Waals surface area (Å²) in [5, 5.41) is 1.12. The molecule has 118 valence electrons. The molecule has 0 aromatic carbocycles. The Hall–Kier alpha value is -2.28. The lowest BCUT2D eigenvalue weighted by Crippen LogP contribution is -2.47. The van der Waals surface area contributed by atoms with E-state index in [1.807, 2.05) is 6.07 Å². The maximum absolute atomic E-state index is 13.3. The zero-order chi connectivity index (χ0) is 15.8. The van der Waals surface area contributed by atoms with E-state index in [9.17, 15) is 4.39 Å². The first kappa shape index (κ1) is 14.3. The van der Waals surface area contributed by atoms with Crippen molar-refractivity contribution < 1.29 is 4.39 Å². The summed E-state index contributed by atoms with van der Waals surface area (Å²) >= 11 is 1.69. The monoisotopic (exact) mass is 329 g/mol. The molecule has 1 aliphatic heterocycles. The highest BCUT2D eigenvalue weighted by atomic mass is 32.1. The van der Waals surface area contributed by atoms with Crippen molar-refractivity contribution in [2.45, 2.75) is 6.92 Å². The van der Waals surface area contributed by atoms with Gasteiger partial charge in [0, 0.05) is 31.1 Å². The lowest BCUT2D eigenvalue weighted by atomic mass is 10.2.